The smallest absolute Gasteiger partial charge is 0.115 e. The number of nitrogens with zero attached hydrogens (tertiary/aromatic N) is 2. The molecular weight excluding hydrogens is 320 g/mol. The molecule has 0 bridgehead atoms. The largest absolute Gasteiger partial charge is 0.508 e. The Morgan fingerprint density at radius 1 is 0.885 bits per heavy atom. The third-order valence-electron chi connectivity index (χ3n) is 6.13. The maximum atomic E-state index is 9.72. The number of piperidine rings is 1. The predicted octanol–water partition coefficient (Wildman–Crippen LogP) is 4.24. The van der Waals surface area contributed by atoms with Crippen molar-refractivity contribution in [2.75, 3.05) is 26.2 Å². The summed E-state index contributed by atoms with van der Waals surface area (Å²) in [6, 6.07) is 19.4. The molecule has 3 nitrogen and oxygen atoms in total. The van der Waals surface area contributed by atoms with Crippen LogP contribution in [0.1, 0.15) is 42.7 Å². The minimum absolute atomic E-state index is 0.396. The molecule has 0 amide bonds. The number of aromatic hydroxyl groups is 1. The molecule has 0 aliphatic carbocycles. The van der Waals surface area contributed by atoms with Crippen LogP contribution in [0.5, 0.6) is 5.75 Å². The molecule has 2 fully saturated rings. The van der Waals surface area contributed by atoms with E-state index < -0.39 is 0 Å². The lowest BCUT2D eigenvalue weighted by Crippen LogP contribution is -2.43. The van der Waals surface area contributed by atoms with E-state index in [1.54, 1.807) is 6.07 Å². The summed E-state index contributed by atoms with van der Waals surface area (Å²) in [5.74, 6) is 0.995. The van der Waals surface area contributed by atoms with Crippen LogP contribution >= 0.6 is 0 Å². The molecule has 2 heterocycles. The number of hydrogen-bond acceptors (Lipinski definition) is 3. The van der Waals surface area contributed by atoms with Gasteiger partial charge >= 0.3 is 0 Å². The highest BCUT2D eigenvalue weighted by Gasteiger charge is 2.28. The second-order valence-electron chi connectivity index (χ2n) is 7.92. The SMILES string of the molecule is Oc1cccc(C2CCN(C[C@H]3CCCN3Cc3ccccc3)CC2)c1. The topological polar surface area (TPSA) is 26.7 Å². The van der Waals surface area contributed by atoms with Crippen molar-refractivity contribution >= 4 is 0 Å². The summed E-state index contributed by atoms with van der Waals surface area (Å²) in [7, 11) is 0. The minimum atomic E-state index is 0.396. The summed E-state index contributed by atoms with van der Waals surface area (Å²) in [5, 5.41) is 9.72. The van der Waals surface area contributed by atoms with Crippen LogP contribution in [-0.4, -0.2) is 47.1 Å². The van der Waals surface area contributed by atoms with Gasteiger partial charge in [-0.3, -0.25) is 4.90 Å². The standard InChI is InChI=1S/C23H30N2O/c26-23-10-4-8-21(16-23)20-11-14-24(15-12-20)18-22-9-5-13-25(22)17-19-6-2-1-3-7-19/h1-4,6-8,10,16,20,22,26H,5,9,11-15,17-18H2/t22-/m1/s1. The first-order chi connectivity index (χ1) is 12.8. The van der Waals surface area contributed by atoms with Crippen LogP contribution in [0.2, 0.25) is 0 Å². The van der Waals surface area contributed by atoms with Gasteiger partial charge < -0.3 is 10.0 Å². The van der Waals surface area contributed by atoms with Gasteiger partial charge in [-0.25, -0.2) is 0 Å². The van der Waals surface area contributed by atoms with Gasteiger partial charge in [-0.05, 0) is 74.5 Å². The Morgan fingerprint density at radius 3 is 2.46 bits per heavy atom. The molecule has 138 valence electrons. The molecule has 2 aromatic rings. The molecule has 26 heavy (non-hydrogen) atoms. The second-order valence-corrected chi connectivity index (χ2v) is 7.92. The van der Waals surface area contributed by atoms with E-state index in [1.165, 1.54) is 63.0 Å². The van der Waals surface area contributed by atoms with Gasteiger partial charge in [-0.2, -0.15) is 0 Å². The van der Waals surface area contributed by atoms with Gasteiger partial charge in [0.05, 0.1) is 0 Å². The fourth-order valence-corrected chi connectivity index (χ4v) is 4.65. The summed E-state index contributed by atoms with van der Waals surface area (Å²) in [6.07, 6.45) is 5.07. The average Bonchev–Trinajstić information content (AvgIpc) is 3.10. The second kappa shape index (κ2) is 8.24. The van der Waals surface area contributed by atoms with Gasteiger partial charge in [-0.1, -0.05) is 42.5 Å². The van der Waals surface area contributed by atoms with Crippen LogP contribution < -0.4 is 0 Å². The zero-order valence-electron chi connectivity index (χ0n) is 15.6. The Kier molecular flexibility index (Phi) is 5.57. The fraction of sp³-hybridized carbons (Fsp3) is 0.478. The van der Waals surface area contributed by atoms with Crippen molar-refractivity contribution < 1.29 is 5.11 Å². The van der Waals surface area contributed by atoms with Crippen molar-refractivity contribution in [3.8, 4) is 5.75 Å². The number of benzene rings is 2. The lowest BCUT2D eigenvalue weighted by Gasteiger charge is -2.36. The number of rotatable bonds is 5. The van der Waals surface area contributed by atoms with Crippen molar-refractivity contribution in [2.24, 2.45) is 0 Å². The lowest BCUT2D eigenvalue weighted by atomic mass is 9.89. The maximum absolute atomic E-state index is 9.72. The van der Waals surface area contributed by atoms with Gasteiger partial charge in [0.2, 0.25) is 0 Å². The highest BCUT2D eigenvalue weighted by molar-refractivity contribution is 5.30. The molecule has 1 N–H and O–H groups in total. The van der Waals surface area contributed by atoms with Crippen LogP contribution in [0.15, 0.2) is 54.6 Å². The number of likely N-dealkylation sites (tertiary alicyclic amines) is 2. The maximum Gasteiger partial charge on any atom is 0.115 e. The Hall–Kier alpha value is -1.84. The van der Waals surface area contributed by atoms with Crippen molar-refractivity contribution in [2.45, 2.75) is 44.2 Å². The van der Waals surface area contributed by atoms with Crippen molar-refractivity contribution in [3.05, 3.63) is 65.7 Å². The first kappa shape index (κ1) is 17.6. The number of phenols is 1. The molecule has 0 aromatic heterocycles. The molecule has 0 radical (unpaired) electrons. The first-order valence-electron chi connectivity index (χ1n) is 10.1. The van der Waals surface area contributed by atoms with E-state index in [1.807, 2.05) is 12.1 Å². The zero-order chi connectivity index (χ0) is 17.8. The van der Waals surface area contributed by atoms with Gasteiger partial charge in [-0.15, -0.1) is 0 Å². The minimum Gasteiger partial charge on any atom is -0.508 e. The molecule has 0 unspecified atom stereocenters. The van der Waals surface area contributed by atoms with E-state index in [9.17, 15) is 5.11 Å². The molecule has 2 aliphatic rings. The van der Waals surface area contributed by atoms with Gasteiger partial charge in [0, 0.05) is 19.1 Å². The predicted molar refractivity (Wildman–Crippen MR) is 106 cm³/mol. The van der Waals surface area contributed by atoms with E-state index in [2.05, 4.69) is 46.2 Å². The lowest BCUT2D eigenvalue weighted by molar-refractivity contribution is 0.142. The highest BCUT2D eigenvalue weighted by atomic mass is 16.3. The summed E-state index contributed by atoms with van der Waals surface area (Å²) >= 11 is 0. The van der Waals surface area contributed by atoms with Gasteiger partial charge in [0.1, 0.15) is 5.75 Å². The van der Waals surface area contributed by atoms with Crippen LogP contribution in [0, 0.1) is 0 Å². The third kappa shape index (κ3) is 4.28. The Morgan fingerprint density at radius 2 is 1.69 bits per heavy atom. The average molecular weight is 351 g/mol. The summed E-state index contributed by atoms with van der Waals surface area (Å²) < 4.78 is 0. The van der Waals surface area contributed by atoms with Crippen LogP contribution in [-0.2, 0) is 6.54 Å². The van der Waals surface area contributed by atoms with E-state index in [-0.39, 0.29) is 0 Å². The molecule has 2 saturated heterocycles. The van der Waals surface area contributed by atoms with Crippen LogP contribution in [0.25, 0.3) is 0 Å². The molecule has 2 aliphatic heterocycles. The van der Waals surface area contributed by atoms with E-state index >= 15 is 0 Å². The zero-order valence-corrected chi connectivity index (χ0v) is 15.6. The van der Waals surface area contributed by atoms with Gasteiger partial charge in [0.15, 0.2) is 0 Å². The number of phenolic OH excluding ortho intramolecular Hbond substituents is 1. The quantitative estimate of drug-likeness (QED) is 0.874. The summed E-state index contributed by atoms with van der Waals surface area (Å²) in [5.41, 5.74) is 2.73. The van der Waals surface area contributed by atoms with Crippen LogP contribution in [0.3, 0.4) is 0 Å². The Balaban J connectivity index is 1.29. The third-order valence-corrected chi connectivity index (χ3v) is 6.13. The summed E-state index contributed by atoms with van der Waals surface area (Å²) in [6.45, 7) is 5.89. The molecule has 3 heteroatoms. The molecule has 0 saturated carbocycles. The van der Waals surface area contributed by atoms with Crippen molar-refractivity contribution in [1.29, 1.82) is 0 Å². The molecule has 2 aromatic carbocycles. The first-order valence-corrected chi connectivity index (χ1v) is 10.1. The number of hydrogen-bond donors (Lipinski definition) is 1. The molecule has 0 spiro atoms. The van der Waals surface area contributed by atoms with Crippen LogP contribution in [0.4, 0.5) is 0 Å². The monoisotopic (exact) mass is 350 g/mol. The van der Waals surface area contributed by atoms with Crippen molar-refractivity contribution in [1.82, 2.24) is 9.80 Å². The Labute approximate surface area is 157 Å². The van der Waals surface area contributed by atoms with Gasteiger partial charge in [0.25, 0.3) is 0 Å². The fourth-order valence-electron chi connectivity index (χ4n) is 4.65. The molecule has 1 atom stereocenters. The van der Waals surface area contributed by atoms with E-state index in [0.717, 1.165) is 6.54 Å². The van der Waals surface area contributed by atoms with E-state index in [0.29, 0.717) is 17.7 Å². The normalized spacial score (nSPS) is 22.7. The molecule has 4 rings (SSSR count). The summed E-state index contributed by atoms with van der Waals surface area (Å²) in [4.78, 5) is 5.34. The van der Waals surface area contributed by atoms with Crippen molar-refractivity contribution in [3.63, 3.8) is 0 Å². The Bertz CT molecular complexity index is 694. The van der Waals surface area contributed by atoms with E-state index in [4.69, 9.17) is 0 Å². The highest BCUT2D eigenvalue weighted by Crippen LogP contribution is 2.30. The molecular formula is C23H30N2O.